The van der Waals surface area contributed by atoms with Crippen molar-refractivity contribution in [3.8, 4) is 5.75 Å². The molecule has 2 rings (SSSR count). The first-order chi connectivity index (χ1) is 15.3. The van der Waals surface area contributed by atoms with E-state index >= 15 is 0 Å². The highest BCUT2D eigenvalue weighted by Crippen LogP contribution is 2.45. The normalized spacial score (nSPS) is 22.5. The van der Waals surface area contributed by atoms with Gasteiger partial charge < -0.3 is 19.3 Å². The minimum Gasteiger partial charge on any atom is -0.507 e. The molecule has 188 valence electrons. The second kappa shape index (κ2) is 11.4. The predicted octanol–water partition coefficient (Wildman–Crippen LogP) is 7.07. The Bertz CT molecular complexity index is 757. The Labute approximate surface area is 202 Å². The molecule has 1 aliphatic carbocycles. The molecule has 33 heavy (non-hydrogen) atoms. The zero-order valence-electron chi connectivity index (χ0n) is 22.6. The van der Waals surface area contributed by atoms with Crippen LogP contribution in [0.25, 0.3) is 0 Å². The highest BCUT2D eigenvalue weighted by molar-refractivity contribution is 5.43. The van der Waals surface area contributed by atoms with E-state index in [1.165, 1.54) is 12.8 Å². The lowest BCUT2D eigenvalue weighted by atomic mass is 9.64. The maximum atomic E-state index is 10.4. The lowest BCUT2D eigenvalue weighted by molar-refractivity contribution is -0.0135. The third kappa shape index (κ3) is 8.42. The van der Waals surface area contributed by atoms with Crippen molar-refractivity contribution < 1.29 is 19.3 Å². The lowest BCUT2D eigenvalue weighted by Gasteiger charge is -2.43. The molecule has 0 aliphatic heterocycles. The van der Waals surface area contributed by atoms with Crippen LogP contribution in [0.3, 0.4) is 0 Å². The van der Waals surface area contributed by atoms with E-state index in [1.807, 2.05) is 12.1 Å². The minimum absolute atomic E-state index is 0.220. The number of rotatable bonds is 10. The van der Waals surface area contributed by atoms with E-state index in [0.717, 1.165) is 29.5 Å². The Morgan fingerprint density at radius 2 is 1.61 bits per heavy atom. The average molecular weight is 461 g/mol. The van der Waals surface area contributed by atoms with Crippen LogP contribution in [0.1, 0.15) is 84.4 Å². The molecule has 0 saturated carbocycles. The van der Waals surface area contributed by atoms with Gasteiger partial charge in [0, 0.05) is 25.3 Å². The van der Waals surface area contributed by atoms with Crippen LogP contribution < -0.4 is 0 Å². The van der Waals surface area contributed by atoms with E-state index < -0.39 is 0 Å². The standard InChI is InChI=1S/C29H48O4/c1-27(2,3)18-25(28(4,5)6)22-10-13-29(7,14-11-22)33-15-12-21-16-23(19-31-8)26(30)24(17-21)20-32-9/h10,13,16-17,22,25,30H,11-12,14-15,18-20H2,1-9H3. The fourth-order valence-electron chi connectivity index (χ4n) is 5.08. The second-order valence-corrected chi connectivity index (χ2v) is 12.3. The molecular formula is C29H48O4. The Morgan fingerprint density at radius 3 is 2.03 bits per heavy atom. The Balaban J connectivity index is 2.04. The summed E-state index contributed by atoms with van der Waals surface area (Å²) < 4.78 is 16.9. The van der Waals surface area contributed by atoms with Crippen LogP contribution in [-0.4, -0.2) is 31.5 Å². The first kappa shape index (κ1) is 27.9. The van der Waals surface area contributed by atoms with Crippen molar-refractivity contribution in [1.82, 2.24) is 0 Å². The molecule has 1 aromatic carbocycles. The van der Waals surface area contributed by atoms with Gasteiger partial charge in [-0.1, -0.05) is 53.7 Å². The number of phenols is 1. The summed E-state index contributed by atoms with van der Waals surface area (Å²) in [5, 5.41) is 10.4. The molecular weight excluding hydrogens is 412 g/mol. The van der Waals surface area contributed by atoms with E-state index in [2.05, 4.69) is 60.6 Å². The first-order valence-electron chi connectivity index (χ1n) is 12.4. The molecule has 0 radical (unpaired) electrons. The number of ether oxygens (including phenoxy) is 3. The van der Waals surface area contributed by atoms with Crippen molar-refractivity contribution in [1.29, 1.82) is 0 Å². The molecule has 1 N–H and O–H groups in total. The van der Waals surface area contributed by atoms with E-state index in [-0.39, 0.29) is 16.8 Å². The fourth-order valence-corrected chi connectivity index (χ4v) is 5.08. The Hall–Kier alpha value is -1.36. The monoisotopic (exact) mass is 460 g/mol. The van der Waals surface area contributed by atoms with Gasteiger partial charge in [-0.05, 0) is 73.0 Å². The number of phenolic OH excluding ortho intramolecular Hbond substituents is 1. The van der Waals surface area contributed by atoms with Gasteiger partial charge in [-0.15, -0.1) is 0 Å². The topological polar surface area (TPSA) is 47.9 Å². The molecule has 1 aromatic rings. The van der Waals surface area contributed by atoms with Gasteiger partial charge in [0.1, 0.15) is 5.75 Å². The number of methoxy groups -OCH3 is 2. The average Bonchev–Trinajstić information content (AvgIpc) is 2.69. The van der Waals surface area contributed by atoms with Gasteiger partial charge in [0.15, 0.2) is 0 Å². The third-order valence-electron chi connectivity index (χ3n) is 6.88. The lowest BCUT2D eigenvalue weighted by Crippen LogP contribution is -2.37. The molecule has 0 spiro atoms. The van der Waals surface area contributed by atoms with E-state index in [9.17, 15) is 5.11 Å². The van der Waals surface area contributed by atoms with Crippen molar-refractivity contribution in [3.05, 3.63) is 41.0 Å². The van der Waals surface area contributed by atoms with Gasteiger partial charge in [-0.2, -0.15) is 0 Å². The van der Waals surface area contributed by atoms with Gasteiger partial charge in [-0.3, -0.25) is 0 Å². The number of benzene rings is 1. The quantitative estimate of drug-likeness (QED) is 0.379. The van der Waals surface area contributed by atoms with Crippen LogP contribution in [0.4, 0.5) is 0 Å². The maximum Gasteiger partial charge on any atom is 0.126 e. The summed E-state index contributed by atoms with van der Waals surface area (Å²) in [5.74, 6) is 1.53. The Morgan fingerprint density at radius 1 is 1.03 bits per heavy atom. The summed E-state index contributed by atoms with van der Waals surface area (Å²) >= 11 is 0. The number of hydrogen-bond donors (Lipinski definition) is 1. The summed E-state index contributed by atoms with van der Waals surface area (Å²) in [4.78, 5) is 0. The minimum atomic E-state index is -0.220. The summed E-state index contributed by atoms with van der Waals surface area (Å²) in [6.07, 6.45) is 8.97. The van der Waals surface area contributed by atoms with Crippen molar-refractivity contribution in [2.24, 2.45) is 22.7 Å². The summed E-state index contributed by atoms with van der Waals surface area (Å²) in [7, 11) is 3.28. The molecule has 4 heteroatoms. The molecule has 0 heterocycles. The predicted molar refractivity (Wildman–Crippen MR) is 136 cm³/mol. The van der Waals surface area contributed by atoms with Crippen LogP contribution in [0.2, 0.25) is 0 Å². The number of hydrogen-bond acceptors (Lipinski definition) is 4. The molecule has 0 fully saturated rings. The van der Waals surface area contributed by atoms with E-state index in [1.54, 1.807) is 14.2 Å². The SMILES string of the molecule is COCc1cc(CCOC2(C)C=CC(C(CC(C)(C)C)C(C)(C)C)CC2)cc(COC)c1O. The van der Waals surface area contributed by atoms with Crippen LogP contribution in [0.15, 0.2) is 24.3 Å². The van der Waals surface area contributed by atoms with Gasteiger partial charge in [0.25, 0.3) is 0 Å². The van der Waals surface area contributed by atoms with E-state index in [0.29, 0.717) is 37.1 Å². The fraction of sp³-hybridized carbons (Fsp3) is 0.724. The van der Waals surface area contributed by atoms with Crippen molar-refractivity contribution in [3.63, 3.8) is 0 Å². The van der Waals surface area contributed by atoms with Gasteiger partial charge in [0.05, 0.1) is 25.4 Å². The van der Waals surface area contributed by atoms with Crippen LogP contribution in [0.5, 0.6) is 5.75 Å². The zero-order chi connectivity index (χ0) is 24.9. The summed E-state index contributed by atoms with van der Waals surface area (Å²) in [5.41, 5.74) is 3.11. The van der Waals surface area contributed by atoms with Crippen LogP contribution in [0, 0.1) is 22.7 Å². The van der Waals surface area contributed by atoms with Gasteiger partial charge in [-0.25, -0.2) is 0 Å². The van der Waals surface area contributed by atoms with Crippen molar-refractivity contribution >= 4 is 0 Å². The van der Waals surface area contributed by atoms with E-state index in [4.69, 9.17) is 14.2 Å². The van der Waals surface area contributed by atoms with Crippen LogP contribution >= 0.6 is 0 Å². The molecule has 0 amide bonds. The summed E-state index contributed by atoms with van der Waals surface area (Å²) in [6.45, 7) is 17.8. The van der Waals surface area contributed by atoms with Crippen LogP contribution in [-0.2, 0) is 33.8 Å². The number of allylic oxidation sites excluding steroid dienone is 1. The molecule has 3 unspecified atom stereocenters. The first-order valence-corrected chi connectivity index (χ1v) is 12.4. The van der Waals surface area contributed by atoms with Crippen molar-refractivity contribution in [2.75, 3.05) is 20.8 Å². The summed E-state index contributed by atoms with van der Waals surface area (Å²) in [6, 6.07) is 4.02. The van der Waals surface area contributed by atoms with Gasteiger partial charge >= 0.3 is 0 Å². The highest BCUT2D eigenvalue weighted by atomic mass is 16.5. The molecule has 3 atom stereocenters. The Kier molecular flexibility index (Phi) is 9.61. The largest absolute Gasteiger partial charge is 0.507 e. The second-order valence-electron chi connectivity index (χ2n) is 12.3. The number of aromatic hydroxyl groups is 1. The molecule has 0 saturated heterocycles. The molecule has 4 nitrogen and oxygen atoms in total. The van der Waals surface area contributed by atoms with Gasteiger partial charge in [0.2, 0.25) is 0 Å². The molecule has 0 bridgehead atoms. The highest BCUT2D eigenvalue weighted by Gasteiger charge is 2.37. The zero-order valence-corrected chi connectivity index (χ0v) is 22.6. The maximum absolute atomic E-state index is 10.4. The molecule has 1 aliphatic rings. The smallest absolute Gasteiger partial charge is 0.126 e. The molecule has 0 aromatic heterocycles. The van der Waals surface area contributed by atoms with Crippen molar-refractivity contribution in [2.45, 2.75) is 93.0 Å². The third-order valence-corrected chi connectivity index (χ3v) is 6.88.